The first-order valence-corrected chi connectivity index (χ1v) is 3.36. The molecule has 0 amide bonds. The second kappa shape index (κ2) is 1.98. The van der Waals surface area contributed by atoms with Gasteiger partial charge in [-0.1, -0.05) is 6.08 Å². The zero-order chi connectivity index (χ0) is 6.91. The number of allylic oxidation sites excluding steroid dienone is 1. The molecule has 0 aromatic heterocycles. The maximum Gasteiger partial charge on any atom is 0.142 e. The van der Waals surface area contributed by atoms with E-state index >= 15 is 0 Å². The number of hydrogen-bond donors (Lipinski definition) is 0. The van der Waals surface area contributed by atoms with E-state index in [1.54, 1.807) is 6.08 Å². The summed E-state index contributed by atoms with van der Waals surface area (Å²) in [5.74, 6) is 0.359. The Balaban J connectivity index is 2.78. The van der Waals surface area contributed by atoms with Gasteiger partial charge in [-0.2, -0.15) is 0 Å². The Labute approximate surface area is 55.8 Å². The Kier molecular flexibility index (Phi) is 1.43. The predicted octanol–water partition coefficient (Wildman–Crippen LogP) is 1.93. The first-order chi connectivity index (χ1) is 4.19. The zero-order valence-corrected chi connectivity index (χ0v) is 5.81. The highest BCUT2D eigenvalue weighted by Crippen LogP contribution is 2.34. The van der Waals surface area contributed by atoms with E-state index in [4.69, 9.17) is 0 Å². The van der Waals surface area contributed by atoms with Gasteiger partial charge in [0.05, 0.1) is 0 Å². The lowest BCUT2D eigenvalue weighted by molar-refractivity contribution is -0.122. The minimum absolute atomic E-state index is 0.181. The van der Waals surface area contributed by atoms with Crippen LogP contribution >= 0.6 is 0 Å². The number of carbonyl (C=O) groups excluding carboxylic acids is 1. The number of hydrogen-bond acceptors (Lipinski definition) is 1. The maximum absolute atomic E-state index is 11.1. The van der Waals surface area contributed by atoms with Crippen molar-refractivity contribution in [3.05, 3.63) is 12.7 Å². The average molecular weight is 124 g/mol. The zero-order valence-electron chi connectivity index (χ0n) is 5.81. The molecule has 1 saturated carbocycles. The van der Waals surface area contributed by atoms with E-state index in [-0.39, 0.29) is 5.41 Å². The van der Waals surface area contributed by atoms with E-state index in [9.17, 15) is 4.79 Å². The lowest BCUT2D eigenvalue weighted by atomic mass is 9.88. The number of ketones is 1. The molecule has 0 bridgehead atoms. The van der Waals surface area contributed by atoms with Crippen LogP contribution in [-0.2, 0) is 4.79 Å². The van der Waals surface area contributed by atoms with E-state index in [1.807, 2.05) is 6.92 Å². The highest BCUT2D eigenvalue weighted by molar-refractivity contribution is 5.88. The van der Waals surface area contributed by atoms with Crippen LogP contribution in [0.3, 0.4) is 0 Å². The van der Waals surface area contributed by atoms with Crippen LogP contribution in [0.2, 0.25) is 0 Å². The van der Waals surface area contributed by atoms with Crippen LogP contribution in [0.1, 0.15) is 26.2 Å². The molecule has 0 radical (unpaired) electrons. The van der Waals surface area contributed by atoms with E-state index < -0.39 is 0 Å². The Morgan fingerprint density at radius 3 is 2.67 bits per heavy atom. The van der Waals surface area contributed by atoms with Crippen LogP contribution in [0.15, 0.2) is 12.7 Å². The lowest BCUT2D eigenvalue weighted by Gasteiger charge is -2.14. The van der Waals surface area contributed by atoms with Gasteiger partial charge in [0, 0.05) is 11.8 Å². The molecule has 1 fully saturated rings. The van der Waals surface area contributed by atoms with Crippen molar-refractivity contribution < 1.29 is 4.79 Å². The fraction of sp³-hybridized carbons (Fsp3) is 0.625. The molecule has 0 N–H and O–H groups in total. The third-order valence-corrected chi connectivity index (χ3v) is 2.19. The molecule has 0 heterocycles. The number of rotatable bonds is 1. The van der Waals surface area contributed by atoms with Gasteiger partial charge in [-0.25, -0.2) is 0 Å². The van der Waals surface area contributed by atoms with Crippen molar-refractivity contribution in [1.29, 1.82) is 0 Å². The molecule has 1 atom stereocenters. The van der Waals surface area contributed by atoms with Crippen molar-refractivity contribution in [3.63, 3.8) is 0 Å². The summed E-state index contributed by atoms with van der Waals surface area (Å²) in [6.45, 7) is 5.61. The molecule has 50 valence electrons. The van der Waals surface area contributed by atoms with E-state index in [0.717, 1.165) is 19.3 Å². The first-order valence-electron chi connectivity index (χ1n) is 3.36. The van der Waals surface area contributed by atoms with Crippen molar-refractivity contribution in [2.75, 3.05) is 0 Å². The summed E-state index contributed by atoms with van der Waals surface area (Å²) in [4.78, 5) is 11.1. The van der Waals surface area contributed by atoms with Gasteiger partial charge in [-0.3, -0.25) is 4.79 Å². The van der Waals surface area contributed by atoms with Crippen LogP contribution in [0.25, 0.3) is 0 Å². The van der Waals surface area contributed by atoms with Crippen LogP contribution in [0, 0.1) is 5.41 Å². The molecule has 1 aliphatic carbocycles. The Morgan fingerprint density at radius 2 is 2.44 bits per heavy atom. The molecule has 0 aromatic rings. The van der Waals surface area contributed by atoms with E-state index in [1.165, 1.54) is 0 Å². The van der Waals surface area contributed by atoms with E-state index in [2.05, 4.69) is 6.58 Å². The Hall–Kier alpha value is -0.590. The molecule has 1 rings (SSSR count). The topological polar surface area (TPSA) is 17.1 Å². The second-order valence-electron chi connectivity index (χ2n) is 2.90. The molecular formula is C8H12O. The van der Waals surface area contributed by atoms with Crippen LogP contribution < -0.4 is 0 Å². The maximum atomic E-state index is 11.1. The summed E-state index contributed by atoms with van der Waals surface area (Å²) in [5.41, 5.74) is -0.181. The van der Waals surface area contributed by atoms with Crippen LogP contribution in [0.4, 0.5) is 0 Å². The molecule has 0 aliphatic heterocycles. The molecule has 9 heavy (non-hydrogen) atoms. The van der Waals surface area contributed by atoms with Crippen molar-refractivity contribution in [2.24, 2.45) is 5.41 Å². The average Bonchev–Trinajstić information content (AvgIpc) is 2.15. The van der Waals surface area contributed by atoms with Gasteiger partial charge in [0.15, 0.2) is 0 Å². The minimum atomic E-state index is -0.181. The summed E-state index contributed by atoms with van der Waals surface area (Å²) in [6.07, 6.45) is 4.57. The second-order valence-corrected chi connectivity index (χ2v) is 2.90. The monoisotopic (exact) mass is 124 g/mol. The smallest absolute Gasteiger partial charge is 0.142 e. The first kappa shape index (κ1) is 6.53. The molecule has 1 heteroatoms. The molecular weight excluding hydrogens is 112 g/mol. The standard InChI is InChI=1S/C8H12O/c1-3-8(2)6-4-5-7(8)9/h3H,1,4-6H2,2H3. The molecule has 1 unspecified atom stereocenters. The Bertz CT molecular complexity index is 149. The largest absolute Gasteiger partial charge is 0.299 e. The van der Waals surface area contributed by atoms with Gasteiger partial charge in [0.1, 0.15) is 5.78 Å². The normalized spacial score (nSPS) is 35.0. The summed E-state index contributed by atoms with van der Waals surface area (Å²) < 4.78 is 0. The molecule has 0 saturated heterocycles. The summed E-state index contributed by atoms with van der Waals surface area (Å²) in [6, 6.07) is 0. The SMILES string of the molecule is C=CC1(C)CCCC1=O. The molecule has 0 spiro atoms. The van der Waals surface area contributed by atoms with Gasteiger partial charge >= 0.3 is 0 Å². The minimum Gasteiger partial charge on any atom is -0.299 e. The van der Waals surface area contributed by atoms with Gasteiger partial charge in [0.2, 0.25) is 0 Å². The summed E-state index contributed by atoms with van der Waals surface area (Å²) in [7, 11) is 0. The van der Waals surface area contributed by atoms with Gasteiger partial charge < -0.3 is 0 Å². The molecule has 1 nitrogen and oxygen atoms in total. The fourth-order valence-electron chi connectivity index (χ4n) is 1.26. The third kappa shape index (κ3) is 0.913. The molecule has 0 aromatic carbocycles. The quantitative estimate of drug-likeness (QED) is 0.488. The highest BCUT2D eigenvalue weighted by atomic mass is 16.1. The van der Waals surface area contributed by atoms with Crippen molar-refractivity contribution in [3.8, 4) is 0 Å². The van der Waals surface area contributed by atoms with E-state index in [0.29, 0.717) is 5.78 Å². The predicted molar refractivity (Wildman–Crippen MR) is 37.2 cm³/mol. The molecule has 1 aliphatic rings. The number of carbonyl (C=O) groups is 1. The highest BCUT2D eigenvalue weighted by Gasteiger charge is 2.33. The third-order valence-electron chi connectivity index (χ3n) is 2.19. The number of Topliss-reactive ketones (excluding diaryl/α,β-unsaturated/α-hetero) is 1. The van der Waals surface area contributed by atoms with Gasteiger partial charge in [-0.15, -0.1) is 6.58 Å². The van der Waals surface area contributed by atoms with Gasteiger partial charge in [0.25, 0.3) is 0 Å². The van der Waals surface area contributed by atoms with Crippen molar-refractivity contribution in [1.82, 2.24) is 0 Å². The van der Waals surface area contributed by atoms with Crippen molar-refractivity contribution in [2.45, 2.75) is 26.2 Å². The van der Waals surface area contributed by atoms with Gasteiger partial charge in [-0.05, 0) is 19.8 Å². The lowest BCUT2D eigenvalue weighted by Crippen LogP contribution is -2.17. The van der Waals surface area contributed by atoms with Crippen molar-refractivity contribution >= 4 is 5.78 Å². The summed E-state index contributed by atoms with van der Waals surface area (Å²) in [5, 5.41) is 0. The fourth-order valence-corrected chi connectivity index (χ4v) is 1.26. The Morgan fingerprint density at radius 1 is 1.78 bits per heavy atom. The van der Waals surface area contributed by atoms with Crippen LogP contribution in [0.5, 0.6) is 0 Å². The summed E-state index contributed by atoms with van der Waals surface area (Å²) >= 11 is 0. The van der Waals surface area contributed by atoms with Crippen LogP contribution in [-0.4, -0.2) is 5.78 Å².